The SMILES string of the molecule is CCN(c1ccccc1)c1cccc(OC)c1[C@@H](C)O. The van der Waals surface area contributed by atoms with Crippen LogP contribution in [0.15, 0.2) is 48.5 Å². The lowest BCUT2D eigenvalue weighted by Gasteiger charge is -2.27. The van der Waals surface area contributed by atoms with Crippen molar-refractivity contribution in [3.63, 3.8) is 0 Å². The third-order valence-corrected chi connectivity index (χ3v) is 3.36. The van der Waals surface area contributed by atoms with Crippen molar-refractivity contribution in [2.75, 3.05) is 18.6 Å². The van der Waals surface area contributed by atoms with Crippen LogP contribution in [0.5, 0.6) is 5.75 Å². The van der Waals surface area contributed by atoms with Crippen LogP contribution in [0, 0.1) is 0 Å². The maximum Gasteiger partial charge on any atom is 0.126 e. The Kier molecular flexibility index (Phi) is 4.64. The number of aliphatic hydroxyl groups excluding tert-OH is 1. The van der Waals surface area contributed by atoms with Crippen molar-refractivity contribution in [2.24, 2.45) is 0 Å². The summed E-state index contributed by atoms with van der Waals surface area (Å²) < 4.78 is 5.39. The Labute approximate surface area is 120 Å². The molecule has 0 aliphatic rings. The van der Waals surface area contributed by atoms with Crippen LogP contribution in [0.3, 0.4) is 0 Å². The highest BCUT2D eigenvalue weighted by molar-refractivity contribution is 5.69. The molecule has 0 radical (unpaired) electrons. The van der Waals surface area contributed by atoms with Crippen LogP contribution in [-0.2, 0) is 0 Å². The molecule has 0 amide bonds. The van der Waals surface area contributed by atoms with Crippen LogP contribution in [0.1, 0.15) is 25.5 Å². The van der Waals surface area contributed by atoms with Gasteiger partial charge in [-0.1, -0.05) is 24.3 Å². The number of nitrogens with zero attached hydrogens (tertiary/aromatic N) is 1. The fourth-order valence-corrected chi connectivity index (χ4v) is 2.47. The van der Waals surface area contributed by atoms with E-state index in [4.69, 9.17) is 4.74 Å². The molecule has 0 fully saturated rings. The standard InChI is InChI=1S/C17H21NO2/c1-4-18(14-9-6-5-7-10-14)15-11-8-12-16(20-3)17(15)13(2)19/h5-13,19H,4H2,1-3H3/t13-/m1/s1. The summed E-state index contributed by atoms with van der Waals surface area (Å²) in [7, 11) is 1.63. The van der Waals surface area contributed by atoms with Gasteiger partial charge in [-0.15, -0.1) is 0 Å². The van der Waals surface area contributed by atoms with Crippen LogP contribution in [0.2, 0.25) is 0 Å². The molecule has 0 saturated carbocycles. The first kappa shape index (κ1) is 14.4. The molecule has 0 aromatic heterocycles. The van der Waals surface area contributed by atoms with Gasteiger partial charge in [-0.05, 0) is 38.1 Å². The third-order valence-electron chi connectivity index (χ3n) is 3.36. The largest absolute Gasteiger partial charge is 0.496 e. The maximum absolute atomic E-state index is 10.1. The molecule has 106 valence electrons. The lowest BCUT2D eigenvalue weighted by atomic mass is 10.0. The lowest BCUT2D eigenvalue weighted by Crippen LogP contribution is -2.18. The first-order chi connectivity index (χ1) is 9.69. The fraction of sp³-hybridized carbons (Fsp3) is 0.294. The lowest BCUT2D eigenvalue weighted by molar-refractivity contribution is 0.195. The van der Waals surface area contributed by atoms with Crippen LogP contribution in [-0.4, -0.2) is 18.8 Å². The molecule has 1 atom stereocenters. The molecule has 2 aromatic carbocycles. The number of para-hydroxylation sites is 1. The van der Waals surface area contributed by atoms with Crippen molar-refractivity contribution in [1.82, 2.24) is 0 Å². The van der Waals surface area contributed by atoms with Gasteiger partial charge in [0.15, 0.2) is 0 Å². The number of hydrogen-bond acceptors (Lipinski definition) is 3. The van der Waals surface area contributed by atoms with Gasteiger partial charge in [0, 0.05) is 17.8 Å². The minimum absolute atomic E-state index is 0.584. The molecular weight excluding hydrogens is 250 g/mol. The van der Waals surface area contributed by atoms with Crippen molar-refractivity contribution >= 4 is 11.4 Å². The van der Waals surface area contributed by atoms with Gasteiger partial charge in [0.1, 0.15) is 5.75 Å². The molecule has 2 aromatic rings. The molecule has 20 heavy (non-hydrogen) atoms. The first-order valence-electron chi connectivity index (χ1n) is 6.86. The second kappa shape index (κ2) is 6.44. The van der Waals surface area contributed by atoms with Crippen LogP contribution < -0.4 is 9.64 Å². The molecule has 3 heteroatoms. The van der Waals surface area contributed by atoms with Crippen LogP contribution in [0.4, 0.5) is 11.4 Å². The highest BCUT2D eigenvalue weighted by atomic mass is 16.5. The molecule has 0 heterocycles. The van der Waals surface area contributed by atoms with Gasteiger partial charge < -0.3 is 14.7 Å². The van der Waals surface area contributed by atoms with Gasteiger partial charge in [-0.2, -0.15) is 0 Å². The first-order valence-corrected chi connectivity index (χ1v) is 6.86. The second-order valence-corrected chi connectivity index (χ2v) is 4.65. The summed E-state index contributed by atoms with van der Waals surface area (Å²) in [6.07, 6.45) is -0.584. The van der Waals surface area contributed by atoms with Gasteiger partial charge in [-0.3, -0.25) is 0 Å². The summed E-state index contributed by atoms with van der Waals surface area (Å²) in [6, 6.07) is 16.0. The van der Waals surface area contributed by atoms with E-state index >= 15 is 0 Å². The van der Waals surface area contributed by atoms with E-state index in [1.165, 1.54) is 0 Å². The highest BCUT2D eigenvalue weighted by Crippen LogP contribution is 2.37. The smallest absolute Gasteiger partial charge is 0.126 e. The Morgan fingerprint density at radius 2 is 1.80 bits per heavy atom. The zero-order valence-electron chi connectivity index (χ0n) is 12.2. The number of rotatable bonds is 5. The number of anilines is 2. The number of ether oxygens (including phenoxy) is 1. The fourth-order valence-electron chi connectivity index (χ4n) is 2.47. The molecular formula is C17H21NO2. The molecule has 0 bridgehead atoms. The molecule has 0 aliphatic heterocycles. The normalized spacial score (nSPS) is 12.0. The molecule has 2 rings (SSSR count). The van der Waals surface area contributed by atoms with E-state index < -0.39 is 6.10 Å². The second-order valence-electron chi connectivity index (χ2n) is 4.65. The van der Waals surface area contributed by atoms with E-state index in [1.54, 1.807) is 14.0 Å². The van der Waals surface area contributed by atoms with E-state index in [0.29, 0.717) is 5.75 Å². The Morgan fingerprint density at radius 1 is 1.10 bits per heavy atom. The van der Waals surface area contributed by atoms with Crippen molar-refractivity contribution in [2.45, 2.75) is 20.0 Å². The molecule has 0 spiro atoms. The minimum Gasteiger partial charge on any atom is -0.496 e. The third kappa shape index (κ3) is 2.78. The van der Waals surface area contributed by atoms with Gasteiger partial charge in [-0.25, -0.2) is 0 Å². The zero-order valence-corrected chi connectivity index (χ0v) is 12.2. The predicted octanol–water partition coefficient (Wildman–Crippen LogP) is 3.91. The molecule has 3 nitrogen and oxygen atoms in total. The predicted molar refractivity (Wildman–Crippen MR) is 82.7 cm³/mol. The molecule has 1 N–H and O–H groups in total. The van der Waals surface area contributed by atoms with Crippen molar-refractivity contribution < 1.29 is 9.84 Å². The Hall–Kier alpha value is -2.00. The quantitative estimate of drug-likeness (QED) is 0.895. The van der Waals surface area contributed by atoms with Crippen molar-refractivity contribution in [3.05, 3.63) is 54.1 Å². The van der Waals surface area contributed by atoms with E-state index in [1.807, 2.05) is 36.4 Å². The van der Waals surface area contributed by atoms with Gasteiger partial charge in [0.05, 0.1) is 18.9 Å². The van der Waals surface area contributed by atoms with E-state index in [2.05, 4.69) is 24.0 Å². The summed E-state index contributed by atoms with van der Waals surface area (Å²) >= 11 is 0. The van der Waals surface area contributed by atoms with Gasteiger partial charge in [0.25, 0.3) is 0 Å². The summed E-state index contributed by atoms with van der Waals surface area (Å²) in [5.41, 5.74) is 2.90. The molecule has 0 aliphatic carbocycles. The maximum atomic E-state index is 10.1. The average molecular weight is 271 g/mol. The highest BCUT2D eigenvalue weighted by Gasteiger charge is 2.18. The van der Waals surface area contributed by atoms with Gasteiger partial charge in [0.2, 0.25) is 0 Å². The van der Waals surface area contributed by atoms with Crippen LogP contribution >= 0.6 is 0 Å². The van der Waals surface area contributed by atoms with Gasteiger partial charge >= 0.3 is 0 Å². The summed E-state index contributed by atoms with van der Waals surface area (Å²) in [5, 5.41) is 10.1. The number of methoxy groups -OCH3 is 1. The number of hydrogen-bond donors (Lipinski definition) is 1. The Balaban J connectivity index is 2.55. The van der Waals surface area contributed by atoms with Crippen molar-refractivity contribution in [3.8, 4) is 5.75 Å². The van der Waals surface area contributed by atoms with E-state index in [0.717, 1.165) is 23.5 Å². The molecule has 0 saturated heterocycles. The monoisotopic (exact) mass is 271 g/mol. The zero-order chi connectivity index (χ0) is 14.5. The van der Waals surface area contributed by atoms with Crippen molar-refractivity contribution in [1.29, 1.82) is 0 Å². The summed E-state index contributed by atoms with van der Waals surface area (Å²) in [4.78, 5) is 2.17. The Morgan fingerprint density at radius 3 is 2.35 bits per heavy atom. The Bertz CT molecular complexity index is 552. The van der Waals surface area contributed by atoms with E-state index in [9.17, 15) is 5.11 Å². The number of benzene rings is 2. The number of aliphatic hydroxyl groups is 1. The molecule has 0 unspecified atom stereocenters. The topological polar surface area (TPSA) is 32.7 Å². The van der Waals surface area contributed by atoms with Crippen LogP contribution in [0.25, 0.3) is 0 Å². The van der Waals surface area contributed by atoms with E-state index in [-0.39, 0.29) is 0 Å². The summed E-state index contributed by atoms with van der Waals surface area (Å²) in [6.45, 7) is 4.68. The average Bonchev–Trinajstić information content (AvgIpc) is 2.48. The minimum atomic E-state index is -0.584. The summed E-state index contributed by atoms with van der Waals surface area (Å²) in [5.74, 6) is 0.715.